The topological polar surface area (TPSA) is 76.9 Å². The Balaban J connectivity index is 2.32. The quantitative estimate of drug-likeness (QED) is 0.865. The first-order chi connectivity index (χ1) is 9.33. The molecule has 2 rings (SSSR count). The van der Waals surface area contributed by atoms with Gasteiger partial charge in [0.2, 0.25) is 0 Å². The number of anilines is 1. The van der Waals surface area contributed by atoms with Crippen LogP contribution in [0.4, 0.5) is 10.3 Å². The highest BCUT2D eigenvalue weighted by atomic mass is 35.5. The second-order valence-electron chi connectivity index (χ2n) is 3.73. The molecular weight excluding hydrogens is 327 g/mol. The number of hydrogen-bond acceptors (Lipinski definition) is 5. The van der Waals surface area contributed by atoms with Crippen LogP contribution in [0.25, 0.3) is 0 Å². The predicted octanol–water partition coefficient (Wildman–Crippen LogP) is 2.13. The van der Waals surface area contributed by atoms with Crippen molar-refractivity contribution in [2.45, 2.75) is 10.1 Å². The summed E-state index contributed by atoms with van der Waals surface area (Å²) in [7, 11) is -2.27. The van der Waals surface area contributed by atoms with Crippen molar-refractivity contribution in [1.82, 2.24) is 14.8 Å². The second kappa shape index (κ2) is 5.58. The van der Waals surface area contributed by atoms with Gasteiger partial charge >= 0.3 is 0 Å². The van der Waals surface area contributed by atoms with Crippen molar-refractivity contribution in [1.29, 1.82) is 0 Å². The van der Waals surface area contributed by atoms with E-state index in [4.69, 9.17) is 11.6 Å². The first kappa shape index (κ1) is 15.1. The number of benzene rings is 1. The molecule has 1 aromatic carbocycles. The Morgan fingerprint density at radius 1 is 1.45 bits per heavy atom. The third kappa shape index (κ3) is 3.05. The molecule has 0 atom stereocenters. The van der Waals surface area contributed by atoms with Crippen molar-refractivity contribution in [3.63, 3.8) is 0 Å². The molecule has 0 spiro atoms. The van der Waals surface area contributed by atoms with Gasteiger partial charge in [-0.2, -0.15) is 4.98 Å². The number of halogens is 2. The molecule has 0 amide bonds. The van der Waals surface area contributed by atoms with Gasteiger partial charge in [0.15, 0.2) is 5.16 Å². The van der Waals surface area contributed by atoms with Gasteiger partial charge in [0.1, 0.15) is 5.82 Å². The van der Waals surface area contributed by atoms with E-state index in [1.54, 1.807) is 13.3 Å². The summed E-state index contributed by atoms with van der Waals surface area (Å²) in [6, 6.07) is 3.12. The van der Waals surface area contributed by atoms with E-state index in [1.165, 1.54) is 16.4 Å². The molecule has 0 aliphatic heterocycles. The van der Waals surface area contributed by atoms with E-state index in [0.717, 1.165) is 18.2 Å². The van der Waals surface area contributed by atoms with Gasteiger partial charge in [-0.25, -0.2) is 22.2 Å². The fourth-order valence-electron chi connectivity index (χ4n) is 1.41. The van der Waals surface area contributed by atoms with Crippen LogP contribution in [-0.4, -0.2) is 29.4 Å². The lowest BCUT2D eigenvalue weighted by atomic mass is 10.3. The Hall–Kier alpha value is -1.32. The van der Waals surface area contributed by atoms with Gasteiger partial charge in [-0.1, -0.05) is 23.4 Å². The Morgan fingerprint density at radius 3 is 2.70 bits per heavy atom. The predicted molar refractivity (Wildman–Crippen MR) is 75.0 cm³/mol. The average molecular weight is 337 g/mol. The molecule has 6 nitrogen and oxygen atoms in total. The molecular formula is C10H10ClFN4O2S2. The molecule has 10 heteroatoms. The summed E-state index contributed by atoms with van der Waals surface area (Å²) >= 11 is 6.90. The largest absolute Gasteiger partial charge is 0.264 e. The molecule has 0 saturated carbocycles. The summed E-state index contributed by atoms with van der Waals surface area (Å²) in [6.07, 6.45) is 1.79. The molecule has 0 saturated heterocycles. The van der Waals surface area contributed by atoms with Crippen molar-refractivity contribution in [2.24, 2.45) is 7.05 Å². The van der Waals surface area contributed by atoms with E-state index >= 15 is 0 Å². The molecule has 0 unspecified atom stereocenters. The van der Waals surface area contributed by atoms with Gasteiger partial charge < -0.3 is 0 Å². The fourth-order valence-corrected chi connectivity index (χ4v) is 3.11. The fraction of sp³-hybridized carbons (Fsp3) is 0.200. The van der Waals surface area contributed by atoms with E-state index < -0.39 is 15.8 Å². The first-order valence-corrected chi connectivity index (χ1v) is 8.35. The molecule has 1 N–H and O–H groups in total. The lowest BCUT2D eigenvalue weighted by Crippen LogP contribution is -2.14. The van der Waals surface area contributed by atoms with Gasteiger partial charge in [0.25, 0.3) is 16.0 Å². The third-order valence-electron chi connectivity index (χ3n) is 2.33. The summed E-state index contributed by atoms with van der Waals surface area (Å²) in [4.78, 5) is 3.83. The summed E-state index contributed by atoms with van der Waals surface area (Å²) in [5.74, 6) is -0.747. The second-order valence-corrected chi connectivity index (χ2v) is 6.59. The standard InChI is InChI=1S/C10H10ClFN4O2S2/c1-16-10(19-2)13-9(14-16)15-20(17,18)6-3-4-8(12)7(11)5-6/h3-5H,1-2H3,(H,14,15). The Morgan fingerprint density at radius 2 is 2.15 bits per heavy atom. The number of nitrogens with one attached hydrogen (secondary N) is 1. The van der Waals surface area contributed by atoms with Crippen LogP contribution >= 0.6 is 23.4 Å². The molecule has 0 aliphatic carbocycles. The van der Waals surface area contributed by atoms with E-state index in [-0.39, 0.29) is 15.9 Å². The summed E-state index contributed by atoms with van der Waals surface area (Å²) < 4.78 is 40.9. The van der Waals surface area contributed by atoms with Crippen molar-refractivity contribution >= 4 is 39.3 Å². The zero-order valence-electron chi connectivity index (χ0n) is 10.5. The SMILES string of the molecule is CSc1nc(NS(=O)(=O)c2ccc(F)c(Cl)c2)nn1C. The van der Waals surface area contributed by atoms with Crippen LogP contribution in [0.15, 0.2) is 28.3 Å². The van der Waals surface area contributed by atoms with Gasteiger partial charge in [-0.15, -0.1) is 5.10 Å². The van der Waals surface area contributed by atoms with Crippen LogP contribution in [0, 0.1) is 5.82 Å². The number of aromatic nitrogens is 3. The maximum absolute atomic E-state index is 13.0. The lowest BCUT2D eigenvalue weighted by Gasteiger charge is -2.05. The number of hydrogen-bond donors (Lipinski definition) is 1. The molecule has 2 aromatic rings. The summed E-state index contributed by atoms with van der Waals surface area (Å²) in [5, 5.41) is 4.20. The highest BCUT2D eigenvalue weighted by molar-refractivity contribution is 7.98. The number of thioether (sulfide) groups is 1. The van der Waals surface area contributed by atoms with E-state index in [9.17, 15) is 12.8 Å². The van der Waals surface area contributed by atoms with Gasteiger partial charge in [0, 0.05) is 7.05 Å². The molecule has 20 heavy (non-hydrogen) atoms. The minimum Gasteiger partial charge on any atom is -0.246 e. The van der Waals surface area contributed by atoms with Crippen LogP contribution in [0.2, 0.25) is 5.02 Å². The minimum atomic E-state index is -3.91. The van der Waals surface area contributed by atoms with Crippen molar-refractivity contribution < 1.29 is 12.8 Å². The Labute approximate surface area is 124 Å². The zero-order chi connectivity index (χ0) is 14.9. The molecule has 0 bridgehead atoms. The smallest absolute Gasteiger partial charge is 0.246 e. The lowest BCUT2D eigenvalue weighted by molar-refractivity contribution is 0.599. The van der Waals surface area contributed by atoms with E-state index in [0.29, 0.717) is 5.16 Å². The van der Waals surface area contributed by atoms with Crippen LogP contribution in [-0.2, 0) is 17.1 Å². The third-order valence-corrected chi connectivity index (χ3v) is 4.67. The van der Waals surface area contributed by atoms with Crippen molar-refractivity contribution in [3.05, 3.63) is 29.0 Å². The highest BCUT2D eigenvalue weighted by Crippen LogP contribution is 2.21. The maximum Gasteiger partial charge on any atom is 0.264 e. The van der Waals surface area contributed by atoms with Gasteiger partial charge in [0.05, 0.1) is 9.92 Å². The summed E-state index contributed by atoms with van der Waals surface area (Å²) in [6.45, 7) is 0. The normalized spacial score (nSPS) is 11.6. The number of nitrogens with zero attached hydrogens (tertiary/aromatic N) is 3. The highest BCUT2D eigenvalue weighted by Gasteiger charge is 2.19. The molecule has 108 valence electrons. The Bertz CT molecular complexity index is 748. The van der Waals surface area contributed by atoms with E-state index in [2.05, 4.69) is 14.8 Å². The minimum absolute atomic E-state index is 0.0581. The first-order valence-electron chi connectivity index (χ1n) is 5.26. The van der Waals surface area contributed by atoms with Gasteiger partial charge in [-0.05, 0) is 24.5 Å². The molecule has 0 radical (unpaired) electrons. The number of rotatable bonds is 4. The van der Waals surface area contributed by atoms with Crippen LogP contribution in [0.5, 0.6) is 0 Å². The van der Waals surface area contributed by atoms with Crippen LogP contribution in [0.1, 0.15) is 0 Å². The van der Waals surface area contributed by atoms with E-state index in [1.807, 2.05) is 0 Å². The van der Waals surface area contributed by atoms with Crippen LogP contribution < -0.4 is 4.72 Å². The number of aryl methyl sites for hydroxylation is 1. The molecule has 0 fully saturated rings. The zero-order valence-corrected chi connectivity index (χ0v) is 12.9. The monoisotopic (exact) mass is 336 g/mol. The summed E-state index contributed by atoms with van der Waals surface area (Å²) in [5.41, 5.74) is 0. The average Bonchev–Trinajstić information content (AvgIpc) is 2.71. The van der Waals surface area contributed by atoms with Gasteiger partial charge in [-0.3, -0.25) is 0 Å². The number of sulfonamides is 1. The molecule has 1 aromatic heterocycles. The van der Waals surface area contributed by atoms with Crippen molar-refractivity contribution in [3.8, 4) is 0 Å². The van der Waals surface area contributed by atoms with Crippen molar-refractivity contribution in [2.75, 3.05) is 11.0 Å². The Kier molecular flexibility index (Phi) is 4.21. The maximum atomic E-state index is 13.0. The molecule has 1 heterocycles. The van der Waals surface area contributed by atoms with Crippen LogP contribution in [0.3, 0.4) is 0 Å². The molecule has 0 aliphatic rings.